The van der Waals surface area contributed by atoms with E-state index in [0.29, 0.717) is 16.5 Å². The van der Waals surface area contributed by atoms with Gasteiger partial charge in [0.25, 0.3) is 0 Å². The Kier molecular flexibility index (Phi) is 2.71. The maximum atomic E-state index is 12.2. The van der Waals surface area contributed by atoms with Crippen molar-refractivity contribution < 1.29 is 23.4 Å². The van der Waals surface area contributed by atoms with Crippen molar-refractivity contribution in [2.24, 2.45) is 0 Å². The first-order chi connectivity index (χ1) is 8.00. The first-order valence-corrected chi connectivity index (χ1v) is 4.80. The smallest absolute Gasteiger partial charge is 0.418 e. The summed E-state index contributed by atoms with van der Waals surface area (Å²) < 4.78 is 29.2. The molecule has 0 aliphatic carbocycles. The lowest BCUT2D eigenvalue weighted by Gasteiger charge is -2.07. The lowest BCUT2D eigenvalue weighted by atomic mass is 10.2. The molecule has 2 rings (SSSR count). The molecule has 0 aliphatic rings. The number of fused-ring (bicyclic) bond motifs is 1. The van der Waals surface area contributed by atoms with Gasteiger partial charge in [-0.15, -0.1) is 0 Å². The van der Waals surface area contributed by atoms with Crippen molar-refractivity contribution in [2.45, 2.75) is 13.5 Å². The van der Waals surface area contributed by atoms with Gasteiger partial charge in [-0.1, -0.05) is 18.2 Å². The van der Waals surface area contributed by atoms with Crippen LogP contribution < -0.4 is 4.74 Å². The Morgan fingerprint density at radius 1 is 1.47 bits per heavy atom. The van der Waals surface area contributed by atoms with E-state index in [1.54, 1.807) is 25.1 Å². The van der Waals surface area contributed by atoms with E-state index in [0.717, 1.165) is 4.57 Å². The zero-order valence-electron chi connectivity index (χ0n) is 8.85. The van der Waals surface area contributed by atoms with Crippen LogP contribution in [0.4, 0.5) is 13.6 Å². The number of rotatable bonds is 2. The number of carbonyl (C=O) groups is 1. The first kappa shape index (κ1) is 11.4. The molecule has 0 atom stereocenters. The van der Waals surface area contributed by atoms with E-state index in [9.17, 15) is 13.6 Å². The van der Waals surface area contributed by atoms with Gasteiger partial charge in [-0.25, -0.2) is 9.36 Å². The Labute approximate surface area is 95.0 Å². The maximum Gasteiger partial charge on any atom is 0.418 e. The van der Waals surface area contributed by atoms with Crippen LogP contribution in [0, 0.1) is 6.92 Å². The Morgan fingerprint density at radius 2 is 2.18 bits per heavy atom. The van der Waals surface area contributed by atoms with Crippen molar-refractivity contribution >= 4 is 17.0 Å². The molecule has 0 radical (unpaired) electrons. The van der Waals surface area contributed by atoms with Gasteiger partial charge in [0.05, 0.1) is 5.52 Å². The summed E-state index contributed by atoms with van der Waals surface area (Å²) in [6.45, 7) is -1.36. The molecule has 2 aromatic rings. The van der Waals surface area contributed by atoms with Gasteiger partial charge in [0.2, 0.25) is 5.88 Å². The maximum absolute atomic E-state index is 12.2. The molecule has 4 nitrogen and oxygen atoms in total. The normalized spacial score (nSPS) is 11.1. The SMILES string of the molecule is Cc1cccc2cc(OC(F)F)n(C(=O)O)c12. The largest absolute Gasteiger partial charge is 0.464 e. The van der Waals surface area contributed by atoms with Crippen LogP contribution in [0.25, 0.3) is 10.9 Å². The van der Waals surface area contributed by atoms with Gasteiger partial charge in [-0.2, -0.15) is 8.78 Å². The lowest BCUT2D eigenvalue weighted by Crippen LogP contribution is -2.13. The van der Waals surface area contributed by atoms with Crippen molar-refractivity contribution in [3.05, 3.63) is 29.8 Å². The zero-order valence-corrected chi connectivity index (χ0v) is 8.85. The Balaban J connectivity index is 2.72. The highest BCUT2D eigenvalue weighted by molar-refractivity contribution is 5.93. The van der Waals surface area contributed by atoms with Crippen LogP contribution in [0.15, 0.2) is 24.3 Å². The summed E-state index contributed by atoms with van der Waals surface area (Å²) >= 11 is 0. The molecule has 1 N–H and O–H groups in total. The Bertz CT molecular complexity index is 577. The minimum absolute atomic E-state index is 0.357. The van der Waals surface area contributed by atoms with E-state index in [1.807, 2.05) is 0 Å². The topological polar surface area (TPSA) is 51.5 Å². The van der Waals surface area contributed by atoms with Crippen molar-refractivity contribution in [2.75, 3.05) is 0 Å². The van der Waals surface area contributed by atoms with E-state index in [4.69, 9.17) is 5.11 Å². The number of halogens is 2. The predicted molar refractivity (Wildman–Crippen MR) is 56.7 cm³/mol. The van der Waals surface area contributed by atoms with E-state index >= 15 is 0 Å². The molecule has 0 unspecified atom stereocenters. The summed E-state index contributed by atoms with van der Waals surface area (Å²) in [5, 5.41) is 9.57. The molecule has 17 heavy (non-hydrogen) atoms. The molecular formula is C11H9F2NO3. The number of hydrogen-bond donors (Lipinski definition) is 1. The van der Waals surface area contributed by atoms with E-state index in [2.05, 4.69) is 4.74 Å². The van der Waals surface area contributed by atoms with Crippen LogP contribution in [0.2, 0.25) is 0 Å². The van der Waals surface area contributed by atoms with Crippen molar-refractivity contribution in [1.82, 2.24) is 4.57 Å². The van der Waals surface area contributed by atoms with Gasteiger partial charge < -0.3 is 9.84 Å². The van der Waals surface area contributed by atoms with Crippen LogP contribution in [0.5, 0.6) is 5.88 Å². The van der Waals surface area contributed by atoms with Crippen molar-refractivity contribution in [1.29, 1.82) is 0 Å². The summed E-state index contributed by atoms with van der Waals surface area (Å²) in [6, 6.07) is 6.34. The van der Waals surface area contributed by atoms with Crippen LogP contribution in [-0.4, -0.2) is 22.4 Å². The number of aryl methyl sites for hydroxylation is 1. The number of aromatic nitrogens is 1. The minimum Gasteiger partial charge on any atom is -0.464 e. The minimum atomic E-state index is -3.06. The van der Waals surface area contributed by atoms with Gasteiger partial charge in [0.1, 0.15) is 0 Å². The second-order valence-corrected chi connectivity index (χ2v) is 3.49. The van der Waals surface area contributed by atoms with Gasteiger partial charge in [0, 0.05) is 11.5 Å². The molecule has 90 valence electrons. The molecule has 0 spiro atoms. The van der Waals surface area contributed by atoms with Crippen molar-refractivity contribution in [3.63, 3.8) is 0 Å². The number of para-hydroxylation sites is 1. The first-order valence-electron chi connectivity index (χ1n) is 4.80. The van der Waals surface area contributed by atoms with Crippen LogP contribution in [-0.2, 0) is 0 Å². The number of hydrogen-bond acceptors (Lipinski definition) is 2. The van der Waals surface area contributed by atoms with Gasteiger partial charge in [0.15, 0.2) is 0 Å². The Morgan fingerprint density at radius 3 is 2.76 bits per heavy atom. The second kappa shape index (κ2) is 4.04. The van der Waals surface area contributed by atoms with E-state index in [1.165, 1.54) is 6.07 Å². The lowest BCUT2D eigenvalue weighted by molar-refractivity contribution is -0.0539. The van der Waals surface area contributed by atoms with Gasteiger partial charge in [-0.3, -0.25) is 0 Å². The molecule has 0 amide bonds. The fourth-order valence-corrected chi connectivity index (χ4v) is 1.78. The quantitative estimate of drug-likeness (QED) is 0.878. The number of benzene rings is 1. The molecule has 6 heteroatoms. The highest BCUT2D eigenvalue weighted by atomic mass is 19.3. The summed E-state index contributed by atoms with van der Waals surface area (Å²) in [5.74, 6) is -0.378. The average molecular weight is 241 g/mol. The summed E-state index contributed by atoms with van der Waals surface area (Å²) in [7, 11) is 0. The monoisotopic (exact) mass is 241 g/mol. The number of ether oxygens (including phenoxy) is 1. The fraction of sp³-hybridized carbons (Fsp3) is 0.182. The molecule has 1 heterocycles. The van der Waals surface area contributed by atoms with Gasteiger partial charge >= 0.3 is 12.7 Å². The number of alkyl halides is 2. The Hall–Kier alpha value is -2.11. The van der Waals surface area contributed by atoms with E-state index < -0.39 is 12.7 Å². The third-order valence-electron chi connectivity index (χ3n) is 2.39. The summed E-state index contributed by atoms with van der Waals surface area (Å²) in [5.41, 5.74) is 1.03. The van der Waals surface area contributed by atoms with Crippen LogP contribution in [0.1, 0.15) is 5.56 Å². The molecule has 0 saturated heterocycles. The standard InChI is InChI=1S/C11H9F2NO3/c1-6-3-2-4-7-5-8(17-10(12)13)14(9(6)7)11(15)16/h2-5,10H,1H3,(H,15,16). The van der Waals surface area contributed by atoms with Gasteiger partial charge in [-0.05, 0) is 12.5 Å². The number of carboxylic acid groups (broad SMARTS) is 1. The fourth-order valence-electron chi connectivity index (χ4n) is 1.78. The molecule has 0 bridgehead atoms. The van der Waals surface area contributed by atoms with Crippen molar-refractivity contribution in [3.8, 4) is 5.88 Å². The average Bonchev–Trinajstić information content (AvgIpc) is 2.56. The van der Waals surface area contributed by atoms with Crippen LogP contribution >= 0.6 is 0 Å². The summed E-state index contributed by atoms with van der Waals surface area (Å²) in [4.78, 5) is 11.1. The molecule has 1 aromatic carbocycles. The molecule has 0 aliphatic heterocycles. The highest BCUT2D eigenvalue weighted by Gasteiger charge is 2.19. The molecular weight excluding hydrogens is 232 g/mol. The van der Waals surface area contributed by atoms with Crippen LogP contribution in [0.3, 0.4) is 0 Å². The third-order valence-corrected chi connectivity index (χ3v) is 2.39. The summed E-state index contributed by atoms with van der Waals surface area (Å²) in [6.07, 6.45) is -1.36. The molecule has 1 aromatic heterocycles. The third kappa shape index (κ3) is 1.93. The molecule has 0 fully saturated rings. The number of nitrogens with zero attached hydrogens (tertiary/aromatic N) is 1. The zero-order chi connectivity index (χ0) is 12.6. The van der Waals surface area contributed by atoms with E-state index in [-0.39, 0.29) is 5.88 Å². The highest BCUT2D eigenvalue weighted by Crippen LogP contribution is 2.28. The second-order valence-electron chi connectivity index (χ2n) is 3.49. The molecule has 0 saturated carbocycles. The predicted octanol–water partition coefficient (Wildman–Crippen LogP) is 3.08.